The van der Waals surface area contributed by atoms with Crippen molar-refractivity contribution in [1.82, 2.24) is 20.0 Å². The first-order valence-electron chi connectivity index (χ1n) is 10.7. The van der Waals surface area contributed by atoms with Crippen LogP contribution in [0.3, 0.4) is 0 Å². The Bertz CT molecular complexity index is 971. The third kappa shape index (κ3) is 4.01. The van der Waals surface area contributed by atoms with Crippen molar-refractivity contribution >= 4 is 16.7 Å². The summed E-state index contributed by atoms with van der Waals surface area (Å²) < 4.78 is 11.9. The standard InChI is InChI=1S/C22H30N4O4/c1-29-18-9-8-16-13-24-26(22(28)20(16)21(18)30-2)14-19(27)23-12-15-6-5-11-25-10-4-3-7-17(15)25/h8-9,13,15,17H,3-7,10-12,14H2,1-2H3,(H,23,27)/t15-,17-/m1/s1. The normalized spacial score (nSPS) is 21.8. The highest BCUT2D eigenvalue weighted by atomic mass is 16.5. The second-order valence-electron chi connectivity index (χ2n) is 8.18. The lowest BCUT2D eigenvalue weighted by Gasteiger charge is -2.44. The van der Waals surface area contributed by atoms with E-state index in [1.807, 2.05) is 0 Å². The number of nitrogens with zero attached hydrogens (tertiary/aromatic N) is 3. The molecule has 1 amide bonds. The van der Waals surface area contributed by atoms with Crippen molar-refractivity contribution in [2.45, 2.75) is 44.7 Å². The molecule has 8 nitrogen and oxygen atoms in total. The van der Waals surface area contributed by atoms with Gasteiger partial charge in [0.05, 0.1) is 25.8 Å². The average Bonchev–Trinajstić information content (AvgIpc) is 2.78. The number of piperidine rings is 2. The SMILES string of the molecule is COc1ccc2cnn(CC(=O)NC[C@H]3CCCN4CCCC[C@H]34)c(=O)c2c1OC. The van der Waals surface area contributed by atoms with Gasteiger partial charge in [-0.1, -0.05) is 6.42 Å². The number of hydrogen-bond donors (Lipinski definition) is 1. The van der Waals surface area contributed by atoms with Crippen LogP contribution in [0.2, 0.25) is 0 Å². The molecule has 162 valence electrons. The summed E-state index contributed by atoms with van der Waals surface area (Å²) in [5.41, 5.74) is -0.366. The number of fused-ring (bicyclic) bond motifs is 2. The minimum absolute atomic E-state index is 0.115. The molecule has 0 aliphatic carbocycles. The van der Waals surface area contributed by atoms with Crippen LogP contribution in [0.1, 0.15) is 32.1 Å². The molecule has 30 heavy (non-hydrogen) atoms. The fourth-order valence-electron chi connectivity index (χ4n) is 4.95. The van der Waals surface area contributed by atoms with E-state index in [1.165, 1.54) is 57.7 Å². The summed E-state index contributed by atoms with van der Waals surface area (Å²) in [6.07, 6.45) is 7.67. The van der Waals surface area contributed by atoms with E-state index in [-0.39, 0.29) is 18.0 Å². The summed E-state index contributed by atoms with van der Waals surface area (Å²) >= 11 is 0. The average molecular weight is 415 g/mol. The topological polar surface area (TPSA) is 85.7 Å². The van der Waals surface area contributed by atoms with Gasteiger partial charge >= 0.3 is 0 Å². The van der Waals surface area contributed by atoms with E-state index in [4.69, 9.17) is 9.47 Å². The summed E-state index contributed by atoms with van der Waals surface area (Å²) in [4.78, 5) is 28.2. The first kappa shape index (κ1) is 20.7. The van der Waals surface area contributed by atoms with Crippen molar-refractivity contribution < 1.29 is 14.3 Å². The number of methoxy groups -OCH3 is 2. The maximum absolute atomic E-state index is 13.0. The number of rotatable bonds is 6. The molecular formula is C22H30N4O4. The quantitative estimate of drug-likeness (QED) is 0.776. The Balaban J connectivity index is 1.46. The molecule has 2 atom stereocenters. The van der Waals surface area contributed by atoms with Gasteiger partial charge in [-0.2, -0.15) is 5.10 Å². The molecule has 4 rings (SSSR count). The van der Waals surface area contributed by atoms with Gasteiger partial charge in [-0.3, -0.25) is 9.59 Å². The monoisotopic (exact) mass is 414 g/mol. The Morgan fingerprint density at radius 3 is 2.80 bits per heavy atom. The lowest BCUT2D eigenvalue weighted by atomic mass is 9.83. The summed E-state index contributed by atoms with van der Waals surface area (Å²) in [5, 5.41) is 8.23. The second-order valence-corrected chi connectivity index (χ2v) is 8.18. The van der Waals surface area contributed by atoms with Crippen LogP contribution in [0.5, 0.6) is 11.5 Å². The summed E-state index contributed by atoms with van der Waals surface area (Å²) in [6, 6.07) is 4.07. The Kier molecular flexibility index (Phi) is 6.22. The highest BCUT2D eigenvalue weighted by Crippen LogP contribution is 2.33. The van der Waals surface area contributed by atoms with Gasteiger partial charge in [-0.05, 0) is 56.8 Å². The van der Waals surface area contributed by atoms with Gasteiger partial charge in [0.1, 0.15) is 6.54 Å². The Morgan fingerprint density at radius 2 is 2.00 bits per heavy atom. The first-order chi connectivity index (χ1) is 14.6. The predicted molar refractivity (Wildman–Crippen MR) is 114 cm³/mol. The van der Waals surface area contributed by atoms with E-state index >= 15 is 0 Å². The van der Waals surface area contributed by atoms with Crippen LogP contribution < -0.4 is 20.3 Å². The van der Waals surface area contributed by atoms with E-state index in [9.17, 15) is 9.59 Å². The fraction of sp³-hybridized carbons (Fsp3) is 0.591. The molecular weight excluding hydrogens is 384 g/mol. The van der Waals surface area contributed by atoms with Crippen molar-refractivity contribution in [1.29, 1.82) is 0 Å². The zero-order valence-corrected chi connectivity index (χ0v) is 17.7. The molecule has 0 spiro atoms. The molecule has 2 fully saturated rings. The minimum Gasteiger partial charge on any atom is -0.493 e. The molecule has 2 saturated heterocycles. The smallest absolute Gasteiger partial charge is 0.279 e. The number of carbonyl (C=O) groups excluding carboxylic acids is 1. The first-order valence-corrected chi connectivity index (χ1v) is 10.7. The summed E-state index contributed by atoms with van der Waals surface area (Å²) in [7, 11) is 3.02. The Labute approximate surface area is 176 Å². The molecule has 1 aromatic heterocycles. The van der Waals surface area contributed by atoms with Crippen molar-refractivity contribution in [3.63, 3.8) is 0 Å². The van der Waals surface area contributed by atoms with E-state index in [1.54, 1.807) is 18.3 Å². The Morgan fingerprint density at radius 1 is 1.17 bits per heavy atom. The van der Waals surface area contributed by atoms with Crippen molar-refractivity contribution in [3.05, 3.63) is 28.7 Å². The number of carbonyl (C=O) groups is 1. The molecule has 0 unspecified atom stereocenters. The molecule has 0 saturated carbocycles. The van der Waals surface area contributed by atoms with Gasteiger partial charge in [0.25, 0.3) is 5.56 Å². The number of nitrogens with one attached hydrogen (secondary N) is 1. The largest absolute Gasteiger partial charge is 0.493 e. The molecule has 2 aromatic rings. The zero-order chi connectivity index (χ0) is 21.1. The van der Waals surface area contributed by atoms with Crippen LogP contribution in [0.15, 0.2) is 23.1 Å². The molecule has 3 heterocycles. The summed E-state index contributed by atoms with van der Waals surface area (Å²) in [6.45, 7) is 2.89. The van der Waals surface area contributed by atoms with Gasteiger partial charge in [0.2, 0.25) is 5.91 Å². The molecule has 1 N–H and O–H groups in total. The highest BCUT2D eigenvalue weighted by molar-refractivity contribution is 5.89. The van der Waals surface area contributed by atoms with Crippen LogP contribution in [-0.4, -0.2) is 60.5 Å². The van der Waals surface area contributed by atoms with Crippen LogP contribution in [0.4, 0.5) is 0 Å². The summed E-state index contributed by atoms with van der Waals surface area (Å²) in [5.74, 6) is 1.11. The van der Waals surface area contributed by atoms with Crippen LogP contribution in [0.25, 0.3) is 10.8 Å². The number of ether oxygens (including phenoxy) is 2. The van der Waals surface area contributed by atoms with Gasteiger partial charge in [-0.15, -0.1) is 0 Å². The van der Waals surface area contributed by atoms with Gasteiger partial charge < -0.3 is 19.7 Å². The van der Waals surface area contributed by atoms with E-state index in [0.717, 1.165) is 6.42 Å². The van der Waals surface area contributed by atoms with Crippen LogP contribution >= 0.6 is 0 Å². The maximum atomic E-state index is 13.0. The molecule has 8 heteroatoms. The predicted octanol–water partition coefficient (Wildman–Crippen LogP) is 1.79. The number of benzene rings is 1. The van der Waals surface area contributed by atoms with E-state index in [2.05, 4.69) is 15.3 Å². The van der Waals surface area contributed by atoms with Crippen molar-refractivity contribution in [3.8, 4) is 11.5 Å². The molecule has 1 aromatic carbocycles. The van der Waals surface area contributed by atoms with Crippen LogP contribution in [-0.2, 0) is 11.3 Å². The van der Waals surface area contributed by atoms with Gasteiger partial charge in [0.15, 0.2) is 11.5 Å². The zero-order valence-electron chi connectivity index (χ0n) is 17.7. The highest BCUT2D eigenvalue weighted by Gasteiger charge is 2.32. The molecule has 0 radical (unpaired) electrons. The van der Waals surface area contributed by atoms with Gasteiger partial charge in [-0.25, -0.2) is 4.68 Å². The van der Waals surface area contributed by atoms with Crippen molar-refractivity contribution in [2.24, 2.45) is 5.92 Å². The number of hydrogen-bond acceptors (Lipinski definition) is 6. The lowest BCUT2D eigenvalue weighted by molar-refractivity contribution is -0.122. The molecule has 2 aliphatic rings. The molecule has 0 bridgehead atoms. The van der Waals surface area contributed by atoms with E-state index in [0.29, 0.717) is 40.8 Å². The minimum atomic E-state index is -0.366. The second kappa shape index (κ2) is 9.04. The Hall–Kier alpha value is -2.61. The number of aromatic nitrogens is 2. The third-order valence-corrected chi connectivity index (χ3v) is 6.45. The number of amides is 1. The van der Waals surface area contributed by atoms with E-state index < -0.39 is 0 Å². The van der Waals surface area contributed by atoms with Crippen molar-refractivity contribution in [2.75, 3.05) is 33.9 Å². The fourth-order valence-corrected chi connectivity index (χ4v) is 4.95. The van der Waals surface area contributed by atoms with Crippen LogP contribution in [0, 0.1) is 5.92 Å². The van der Waals surface area contributed by atoms with Gasteiger partial charge in [0, 0.05) is 18.0 Å². The third-order valence-electron chi connectivity index (χ3n) is 6.45. The maximum Gasteiger partial charge on any atom is 0.279 e. The lowest BCUT2D eigenvalue weighted by Crippen LogP contribution is -2.51. The molecule has 2 aliphatic heterocycles.